The van der Waals surface area contributed by atoms with Crippen LogP contribution in [0.25, 0.3) is 0 Å². The van der Waals surface area contributed by atoms with Gasteiger partial charge in [0, 0.05) is 67.0 Å². The van der Waals surface area contributed by atoms with Gasteiger partial charge in [-0.15, -0.1) is 10.2 Å². The minimum atomic E-state index is -5.24. The fraction of sp³-hybridized carbons (Fsp3) is 0.690. The molecule has 3 unspecified atom stereocenters. The van der Waals surface area contributed by atoms with E-state index >= 15 is 8.78 Å². The second-order valence-corrected chi connectivity index (χ2v) is 10.1. The first-order valence-electron chi connectivity index (χ1n) is 19.1. The first-order chi connectivity index (χ1) is 22.7. The molecule has 8 heteroatoms. The number of hydrogen-bond acceptors (Lipinski definition) is 4. The molecule has 0 radical (unpaired) electrons. The van der Waals surface area contributed by atoms with E-state index in [2.05, 4.69) is 20.4 Å². The van der Waals surface area contributed by atoms with Crippen LogP contribution in [0.4, 0.5) is 8.78 Å². The molecular formula is C29H41F2N5O. The van der Waals surface area contributed by atoms with Gasteiger partial charge >= 0.3 is 0 Å². The summed E-state index contributed by atoms with van der Waals surface area (Å²) in [5.74, 6) is -12.2. The number of nitrogens with one attached hydrogen (secondary N) is 1. The quantitative estimate of drug-likeness (QED) is 0.462. The summed E-state index contributed by atoms with van der Waals surface area (Å²) < 4.78 is 138. The summed E-state index contributed by atoms with van der Waals surface area (Å²) >= 11 is 0. The van der Waals surface area contributed by atoms with Gasteiger partial charge in [-0.25, -0.2) is 8.78 Å². The third kappa shape index (κ3) is 5.74. The summed E-state index contributed by atoms with van der Waals surface area (Å²) in [5.41, 5.74) is 0.453. The van der Waals surface area contributed by atoms with Crippen molar-refractivity contribution in [1.29, 1.82) is 0 Å². The lowest BCUT2D eigenvalue weighted by Gasteiger charge is -2.40. The summed E-state index contributed by atoms with van der Waals surface area (Å²) in [6, 6.07) is 6.76. The number of halogens is 2. The molecule has 1 saturated carbocycles. The molecule has 2 aliphatic heterocycles. The molecule has 1 amide bonds. The molecule has 3 atom stereocenters. The van der Waals surface area contributed by atoms with E-state index in [9.17, 15) is 4.79 Å². The topological polar surface area (TPSA) is 63.1 Å². The Labute approximate surface area is 237 Å². The number of rotatable bonds is 8. The number of aromatic nitrogens is 3. The zero-order chi connectivity index (χ0) is 37.7. The van der Waals surface area contributed by atoms with Gasteiger partial charge < -0.3 is 9.88 Å². The molecule has 1 aromatic carbocycles. The number of amides is 1. The van der Waals surface area contributed by atoms with Crippen LogP contribution in [0, 0.1) is 12.7 Å². The smallest absolute Gasteiger partial charge is 0.248 e. The van der Waals surface area contributed by atoms with Gasteiger partial charge in [0.1, 0.15) is 11.6 Å². The van der Waals surface area contributed by atoms with Crippen molar-refractivity contribution in [2.45, 2.75) is 114 Å². The number of hydrogen-bond donors (Lipinski definition) is 1. The van der Waals surface area contributed by atoms with Crippen molar-refractivity contribution in [3.8, 4) is 0 Å². The molecule has 6 nitrogen and oxygen atoms in total. The van der Waals surface area contributed by atoms with Crippen molar-refractivity contribution >= 4 is 5.91 Å². The van der Waals surface area contributed by atoms with E-state index < -0.39 is 62.0 Å². The van der Waals surface area contributed by atoms with Crippen molar-refractivity contribution in [1.82, 2.24) is 25.0 Å². The zero-order valence-corrected chi connectivity index (χ0v) is 20.9. The predicted octanol–water partition coefficient (Wildman–Crippen LogP) is 5.95. The number of carbonyl (C=O) groups excluding carboxylic acids is 1. The summed E-state index contributed by atoms with van der Waals surface area (Å²) in [6.45, 7) is 0.980. The van der Waals surface area contributed by atoms with Crippen LogP contribution < -0.4 is 5.32 Å². The van der Waals surface area contributed by atoms with Gasteiger partial charge in [-0.2, -0.15) is 0 Å². The first-order valence-corrected chi connectivity index (χ1v) is 12.6. The predicted molar refractivity (Wildman–Crippen MR) is 139 cm³/mol. The van der Waals surface area contributed by atoms with Gasteiger partial charge in [0.2, 0.25) is 11.8 Å². The number of piperidine rings is 1. The van der Waals surface area contributed by atoms with Gasteiger partial charge in [0.05, 0.1) is 6.04 Å². The molecule has 3 heterocycles. The number of fused-ring (bicyclic) bond motifs is 2. The third-order valence-electron chi connectivity index (χ3n) is 7.47. The zero-order valence-electron chi connectivity index (χ0n) is 33.9. The molecule has 2 aromatic rings. The molecule has 2 saturated heterocycles. The highest BCUT2D eigenvalue weighted by molar-refractivity contribution is 5.79. The van der Waals surface area contributed by atoms with Crippen LogP contribution in [0.3, 0.4) is 0 Å². The minimum Gasteiger partial charge on any atom is -0.349 e. The van der Waals surface area contributed by atoms with Crippen molar-refractivity contribution in [3.63, 3.8) is 0 Å². The van der Waals surface area contributed by atoms with Crippen LogP contribution in [-0.2, 0) is 4.79 Å². The van der Waals surface area contributed by atoms with E-state index in [-0.39, 0.29) is 36.2 Å². The van der Waals surface area contributed by atoms with Gasteiger partial charge in [-0.05, 0) is 57.3 Å². The molecule has 2 bridgehead atoms. The van der Waals surface area contributed by atoms with Crippen molar-refractivity contribution in [2.24, 2.45) is 5.89 Å². The van der Waals surface area contributed by atoms with E-state index in [1.165, 1.54) is 0 Å². The molecular weight excluding hydrogens is 472 g/mol. The molecule has 1 N–H and O–H groups in total. The van der Waals surface area contributed by atoms with Crippen molar-refractivity contribution < 1.29 is 31.4 Å². The molecule has 5 rings (SSSR count). The van der Waals surface area contributed by atoms with Crippen LogP contribution in [0.1, 0.15) is 124 Å². The van der Waals surface area contributed by atoms with Gasteiger partial charge in [0.25, 0.3) is 0 Å². The normalized spacial score (nSPS) is 39.0. The molecule has 202 valence electrons. The average molecular weight is 527 g/mol. The summed E-state index contributed by atoms with van der Waals surface area (Å²) in [5, 5.41) is 10.4. The number of aryl methyl sites for hydroxylation is 1. The van der Waals surface area contributed by atoms with E-state index in [1.54, 1.807) is 48.7 Å². The number of carbonyl (C=O) groups is 1. The maximum atomic E-state index is 15.1. The maximum Gasteiger partial charge on any atom is 0.248 e. The number of benzene rings is 1. The minimum absolute atomic E-state index is 0.0507. The Hall–Kier alpha value is -2.35. The van der Waals surface area contributed by atoms with Crippen molar-refractivity contribution in [2.75, 3.05) is 6.54 Å². The lowest BCUT2D eigenvalue weighted by atomic mass is 9.86. The lowest BCUT2D eigenvalue weighted by molar-refractivity contribution is -0.130. The summed E-state index contributed by atoms with van der Waals surface area (Å²) in [7, 11) is 0. The molecule has 3 fully saturated rings. The van der Waals surface area contributed by atoms with Crippen LogP contribution in [0.15, 0.2) is 30.3 Å². The van der Waals surface area contributed by atoms with Gasteiger partial charge in [-0.3, -0.25) is 9.69 Å². The summed E-state index contributed by atoms with van der Waals surface area (Å²) in [6.07, 6.45) is -14.6. The third-order valence-corrected chi connectivity index (χ3v) is 7.47. The van der Waals surface area contributed by atoms with Crippen LogP contribution in [-0.4, -0.2) is 50.1 Å². The molecule has 0 spiro atoms. The first kappa shape index (κ1) is 14.7. The van der Waals surface area contributed by atoms with Crippen LogP contribution in [0.2, 0.25) is 0 Å². The highest BCUT2D eigenvalue weighted by Crippen LogP contribution is 2.42. The van der Waals surface area contributed by atoms with Crippen molar-refractivity contribution in [3.05, 3.63) is 47.5 Å². The van der Waals surface area contributed by atoms with E-state index in [4.69, 9.17) is 17.8 Å². The molecule has 3 aliphatic rings. The number of nitrogens with zero attached hydrogens (tertiary/aromatic N) is 4. The fourth-order valence-electron chi connectivity index (χ4n) is 5.77. The highest BCUT2D eigenvalue weighted by atomic mass is 19.3. The Kier molecular flexibility index (Phi) is 4.29. The van der Waals surface area contributed by atoms with E-state index in [1.807, 2.05) is 0 Å². The molecule has 1 aliphatic carbocycles. The Bertz CT molecular complexity index is 1520. The summed E-state index contributed by atoms with van der Waals surface area (Å²) in [4.78, 5) is 16.1. The van der Waals surface area contributed by atoms with Gasteiger partial charge in [-0.1, -0.05) is 44.2 Å². The SMILES string of the molecule is [2H]C([2H])([2H])c1nnc(C([2H])(C)C)n1C1CC2CCC(C1)N2CCC(NC(=O)C1([2H])C([2H])([2H])C([2H])([2H])C(F)(F)C([2H])([2H])C1([2H])[2H])c1ccccc1. The second kappa shape index (κ2) is 10.8. The Morgan fingerprint density at radius 1 is 1.19 bits per heavy atom. The standard InChI is InChI=1S/C29H41F2N5O/c1-19(2)27-34-33-20(3)36(27)25-17-23-9-10-24(18-25)35(23)16-13-26(21-7-5-4-6-8-21)32-28(37)22-11-14-29(30,31)15-12-22/h4-8,19,22-26H,9-18H2,1-3H3,(H,32,37)/i3D3,11D2,12D2,14D2,15D2,19D,22D. The number of alkyl halides is 2. The highest BCUT2D eigenvalue weighted by Gasteiger charge is 2.42. The lowest BCUT2D eigenvalue weighted by Crippen LogP contribution is -2.45. The fourth-order valence-corrected chi connectivity index (χ4v) is 5.77. The monoisotopic (exact) mass is 526 g/mol. The Morgan fingerprint density at radius 2 is 1.86 bits per heavy atom. The molecule has 37 heavy (non-hydrogen) atoms. The largest absolute Gasteiger partial charge is 0.349 e. The van der Waals surface area contributed by atoms with E-state index in [0.717, 1.165) is 12.8 Å². The second-order valence-electron chi connectivity index (χ2n) is 10.1. The molecule has 1 aromatic heterocycles. The average Bonchev–Trinajstić information content (AvgIpc) is 3.57. The maximum absolute atomic E-state index is 15.1. The van der Waals surface area contributed by atoms with Crippen LogP contribution in [0.5, 0.6) is 0 Å². The van der Waals surface area contributed by atoms with Gasteiger partial charge in [0.15, 0.2) is 0 Å². The van der Waals surface area contributed by atoms with Crippen LogP contribution >= 0.6 is 0 Å². The Morgan fingerprint density at radius 3 is 2.49 bits per heavy atom. The van der Waals surface area contributed by atoms with E-state index in [0.29, 0.717) is 24.9 Å². The Balaban J connectivity index is 1.42.